The van der Waals surface area contributed by atoms with Gasteiger partial charge in [-0.2, -0.15) is 0 Å². The zero-order chi connectivity index (χ0) is 29.9. The molecule has 1 aromatic rings. The fourth-order valence-corrected chi connectivity index (χ4v) is 10.9. The number of rotatable bonds is 4. The molecule has 2 unspecified atom stereocenters. The van der Waals surface area contributed by atoms with Crippen LogP contribution < -0.4 is 0 Å². The van der Waals surface area contributed by atoms with E-state index in [4.69, 9.17) is 23.4 Å². The van der Waals surface area contributed by atoms with E-state index in [1.165, 1.54) is 20.8 Å². The number of ketones is 1. The van der Waals surface area contributed by atoms with Crippen molar-refractivity contribution in [3.63, 3.8) is 0 Å². The van der Waals surface area contributed by atoms with Gasteiger partial charge in [0.15, 0.2) is 5.78 Å². The summed E-state index contributed by atoms with van der Waals surface area (Å²) in [5, 5.41) is 0. The maximum Gasteiger partial charge on any atom is 0.302 e. The summed E-state index contributed by atoms with van der Waals surface area (Å²) in [5.41, 5.74) is -2.39. The summed E-state index contributed by atoms with van der Waals surface area (Å²) in [7, 11) is 0. The molecule has 4 saturated carbocycles. The Morgan fingerprint density at radius 1 is 0.854 bits per heavy atom. The van der Waals surface area contributed by atoms with E-state index in [1.807, 2.05) is 6.07 Å². The van der Waals surface area contributed by atoms with E-state index in [9.17, 15) is 19.2 Å². The van der Waals surface area contributed by atoms with Crippen molar-refractivity contribution in [1.82, 2.24) is 0 Å². The molecule has 9 heteroatoms. The first-order valence-corrected chi connectivity index (χ1v) is 14.8. The Bertz CT molecular complexity index is 1300. The molecule has 0 aromatic carbocycles. The van der Waals surface area contributed by atoms with Crippen molar-refractivity contribution in [2.45, 2.75) is 117 Å². The van der Waals surface area contributed by atoms with Gasteiger partial charge in [0, 0.05) is 54.4 Å². The first-order chi connectivity index (χ1) is 19.1. The number of ether oxygens (including phenoxy) is 4. The highest BCUT2D eigenvalue weighted by atomic mass is 16.6. The number of hydrogen-bond acceptors (Lipinski definition) is 9. The average molecular weight is 571 g/mol. The summed E-state index contributed by atoms with van der Waals surface area (Å²) in [5.74, 6) is -1.76. The fraction of sp³-hybridized carbons (Fsp3) is 0.750. The first-order valence-electron chi connectivity index (χ1n) is 14.8. The molecular formula is C32H42O9. The summed E-state index contributed by atoms with van der Waals surface area (Å²) in [6.45, 7) is 14.9. The van der Waals surface area contributed by atoms with Gasteiger partial charge in [-0.1, -0.05) is 34.6 Å². The highest BCUT2D eigenvalue weighted by Crippen LogP contribution is 2.82. The Morgan fingerprint density at radius 3 is 2.05 bits per heavy atom. The average Bonchev–Trinajstić information content (AvgIpc) is 3.34. The molecule has 5 fully saturated rings. The highest BCUT2D eigenvalue weighted by Gasteiger charge is 2.90. The molecule has 0 amide bonds. The number of carbonyl (C=O) groups is 4. The summed E-state index contributed by atoms with van der Waals surface area (Å²) in [6, 6.07) is 1.86. The van der Waals surface area contributed by atoms with Gasteiger partial charge in [-0.3, -0.25) is 19.2 Å². The van der Waals surface area contributed by atoms with Gasteiger partial charge >= 0.3 is 17.9 Å². The summed E-state index contributed by atoms with van der Waals surface area (Å²) < 4.78 is 30.2. The number of carbonyl (C=O) groups excluding carboxylic acids is 4. The van der Waals surface area contributed by atoms with E-state index in [1.54, 1.807) is 12.5 Å². The quantitative estimate of drug-likeness (QED) is 0.287. The zero-order valence-electron chi connectivity index (χ0n) is 25.3. The third-order valence-electron chi connectivity index (χ3n) is 12.4. The number of furan rings is 1. The number of epoxide rings is 1. The van der Waals surface area contributed by atoms with Gasteiger partial charge in [0.1, 0.15) is 30.0 Å². The van der Waals surface area contributed by atoms with Crippen LogP contribution in [0.2, 0.25) is 0 Å². The number of Topliss-reactive ketones (excluding diaryl/α,β-unsaturated/α-hetero) is 1. The maximum absolute atomic E-state index is 14.0. The normalized spacial score (nSPS) is 47.2. The van der Waals surface area contributed by atoms with Gasteiger partial charge in [0.2, 0.25) is 0 Å². The largest absolute Gasteiger partial charge is 0.472 e. The van der Waals surface area contributed by atoms with Crippen molar-refractivity contribution in [2.24, 2.45) is 33.5 Å². The van der Waals surface area contributed by atoms with Crippen molar-refractivity contribution < 1.29 is 42.5 Å². The van der Waals surface area contributed by atoms with E-state index < -0.39 is 63.6 Å². The second-order valence-electron chi connectivity index (χ2n) is 14.4. The van der Waals surface area contributed by atoms with Gasteiger partial charge in [0.25, 0.3) is 0 Å². The molecule has 0 N–H and O–H groups in total. The lowest BCUT2D eigenvalue weighted by atomic mass is 9.35. The SMILES string of the molecule is CC(=O)O[C@H]1C[C@@H](OC(C)=O)C(C)(C)C2C[C@@H](OC(C)=O)[C@]3(C)C(CC[C@@]4(C)[C@H](c5ccoc5)C(=O)[C@H]5O[C@]543)[C@]21C. The van der Waals surface area contributed by atoms with Crippen LogP contribution in [-0.2, 0) is 38.1 Å². The number of hydrogen-bond donors (Lipinski definition) is 0. The Balaban J connectivity index is 1.53. The topological polar surface area (TPSA) is 122 Å². The van der Waals surface area contributed by atoms with Crippen LogP contribution in [-0.4, -0.2) is 53.7 Å². The smallest absolute Gasteiger partial charge is 0.302 e. The summed E-state index contributed by atoms with van der Waals surface area (Å²) in [6.07, 6.45) is 3.32. The van der Waals surface area contributed by atoms with Crippen LogP contribution in [0.5, 0.6) is 0 Å². The van der Waals surface area contributed by atoms with Gasteiger partial charge < -0.3 is 23.4 Å². The number of fused-ring (bicyclic) bond motifs is 3. The Labute approximate surface area is 241 Å². The molecule has 9 nitrogen and oxygen atoms in total. The van der Waals surface area contributed by atoms with Crippen molar-refractivity contribution in [3.8, 4) is 0 Å². The molecule has 2 heterocycles. The highest BCUT2D eigenvalue weighted by molar-refractivity contribution is 5.98. The third kappa shape index (κ3) is 3.38. The van der Waals surface area contributed by atoms with Gasteiger partial charge in [-0.25, -0.2) is 0 Å². The van der Waals surface area contributed by atoms with Gasteiger partial charge in [-0.15, -0.1) is 0 Å². The Kier molecular flexibility index (Phi) is 6.02. The predicted molar refractivity (Wildman–Crippen MR) is 144 cm³/mol. The lowest BCUT2D eigenvalue weighted by Crippen LogP contribution is -2.74. The molecule has 224 valence electrons. The molecular weight excluding hydrogens is 528 g/mol. The number of esters is 3. The third-order valence-corrected chi connectivity index (χ3v) is 12.4. The first kappa shape index (κ1) is 28.4. The molecule has 1 saturated heterocycles. The Morgan fingerprint density at radius 2 is 1.46 bits per heavy atom. The van der Waals surface area contributed by atoms with Crippen molar-refractivity contribution in [1.29, 1.82) is 0 Å². The standard InChI is InChI=1S/C32H42O9/c1-16(33)38-22-14-23(39-17(2)34)30(7)20-9-11-29(6)25(19-10-12-37-15-19)26(36)27-32(29,41-27)31(20,8)24(40-18(3)35)13-21(30)28(22,4)5/h10,12,15,20-25,27H,9,11,13-14H2,1-8H3/t20?,21?,22-,23+,24-,25-,27-,29+,30-,31+,32-/m1/s1. The van der Waals surface area contributed by atoms with E-state index in [0.29, 0.717) is 19.3 Å². The second-order valence-corrected chi connectivity index (χ2v) is 14.4. The molecule has 1 aliphatic heterocycles. The molecule has 6 rings (SSSR count). The molecule has 11 atom stereocenters. The van der Waals surface area contributed by atoms with Crippen LogP contribution in [0.25, 0.3) is 0 Å². The minimum atomic E-state index is -0.853. The molecule has 41 heavy (non-hydrogen) atoms. The lowest BCUT2D eigenvalue weighted by molar-refractivity contribution is -0.289. The van der Waals surface area contributed by atoms with Crippen molar-refractivity contribution in [2.75, 3.05) is 0 Å². The van der Waals surface area contributed by atoms with Crippen LogP contribution in [0.1, 0.15) is 92.6 Å². The van der Waals surface area contributed by atoms with Crippen LogP contribution in [0.4, 0.5) is 0 Å². The van der Waals surface area contributed by atoms with Crippen LogP contribution in [0.15, 0.2) is 23.0 Å². The Hall–Kier alpha value is -2.68. The van der Waals surface area contributed by atoms with E-state index in [0.717, 1.165) is 12.0 Å². The molecule has 0 radical (unpaired) electrons. The van der Waals surface area contributed by atoms with Crippen molar-refractivity contribution in [3.05, 3.63) is 24.2 Å². The van der Waals surface area contributed by atoms with Crippen LogP contribution >= 0.6 is 0 Å². The second kappa shape index (κ2) is 8.68. The molecule has 1 spiro atoms. The maximum atomic E-state index is 14.0. The molecule has 4 aliphatic carbocycles. The minimum absolute atomic E-state index is 0.0417. The van der Waals surface area contributed by atoms with Gasteiger partial charge in [0.05, 0.1) is 18.4 Å². The molecule has 1 aromatic heterocycles. The van der Waals surface area contributed by atoms with Gasteiger partial charge in [-0.05, 0) is 37.2 Å². The van der Waals surface area contributed by atoms with Crippen molar-refractivity contribution >= 4 is 23.7 Å². The zero-order valence-corrected chi connectivity index (χ0v) is 25.3. The minimum Gasteiger partial charge on any atom is -0.472 e. The van der Waals surface area contributed by atoms with Crippen LogP contribution in [0, 0.1) is 33.5 Å². The predicted octanol–water partition coefficient (Wildman–Crippen LogP) is 4.76. The van der Waals surface area contributed by atoms with E-state index in [2.05, 4.69) is 34.6 Å². The summed E-state index contributed by atoms with van der Waals surface area (Å²) in [4.78, 5) is 51.3. The lowest BCUT2D eigenvalue weighted by Gasteiger charge is -2.70. The molecule has 0 bridgehead atoms. The summed E-state index contributed by atoms with van der Waals surface area (Å²) >= 11 is 0. The van der Waals surface area contributed by atoms with E-state index in [-0.39, 0.29) is 29.5 Å². The van der Waals surface area contributed by atoms with E-state index >= 15 is 0 Å². The molecule has 5 aliphatic rings. The monoisotopic (exact) mass is 570 g/mol. The van der Waals surface area contributed by atoms with Crippen LogP contribution in [0.3, 0.4) is 0 Å². The fourth-order valence-electron chi connectivity index (χ4n) is 10.9.